The van der Waals surface area contributed by atoms with Crippen molar-refractivity contribution in [2.45, 2.75) is 50.7 Å². The van der Waals surface area contributed by atoms with Crippen molar-refractivity contribution in [2.24, 2.45) is 5.41 Å². The maximum atomic E-state index is 13.9. The fourth-order valence-corrected chi connectivity index (χ4v) is 5.42. The highest BCUT2D eigenvalue weighted by molar-refractivity contribution is 7.11. The number of likely N-dealkylation sites (N-methyl/N-ethyl adjacent to an activating group) is 1. The van der Waals surface area contributed by atoms with Gasteiger partial charge in [-0.2, -0.15) is 13.2 Å². The molecule has 11 heteroatoms. The normalized spacial score (nSPS) is 16.8. The standard InChI is InChI=1S/C24H29F3N6OS/c1-15-28-13-20(35-15)19(23(8-9-23)24(25,26)27)11-21(34)29-12-18(33(2)3)10-16-4-6-17(7-5-16)22-30-14-31-32-22/h4-7,13-14,18-19H,8-12H2,1-3H3,(H,29,34)(H,30,31,32)/t18-,19+/m0/s1. The van der Waals surface area contributed by atoms with Crippen molar-refractivity contribution in [3.63, 3.8) is 0 Å². The number of aryl methyl sites for hydroxylation is 1. The van der Waals surface area contributed by atoms with Gasteiger partial charge in [-0.15, -0.1) is 21.5 Å². The zero-order chi connectivity index (χ0) is 25.2. The summed E-state index contributed by atoms with van der Waals surface area (Å²) in [7, 11) is 3.84. The third-order valence-corrected chi connectivity index (χ3v) is 7.80. The predicted molar refractivity (Wildman–Crippen MR) is 128 cm³/mol. The molecule has 0 unspecified atom stereocenters. The highest BCUT2D eigenvalue weighted by atomic mass is 32.1. The van der Waals surface area contributed by atoms with Gasteiger partial charge in [0, 0.05) is 41.6 Å². The Bertz CT molecular complexity index is 1120. The minimum atomic E-state index is -4.35. The number of carbonyl (C=O) groups excluding carboxylic acids is 1. The fraction of sp³-hybridized carbons (Fsp3) is 0.500. The minimum absolute atomic E-state index is 0.0170. The van der Waals surface area contributed by atoms with Gasteiger partial charge in [0.25, 0.3) is 0 Å². The molecule has 0 spiro atoms. The Hall–Kier alpha value is -2.79. The zero-order valence-electron chi connectivity index (χ0n) is 19.9. The molecule has 0 radical (unpaired) electrons. The third kappa shape index (κ3) is 5.72. The number of H-pyrrole nitrogens is 1. The molecule has 0 aliphatic heterocycles. The van der Waals surface area contributed by atoms with Gasteiger partial charge >= 0.3 is 6.18 Å². The second-order valence-electron chi connectivity index (χ2n) is 9.35. The van der Waals surface area contributed by atoms with Crippen molar-refractivity contribution in [2.75, 3.05) is 20.6 Å². The quantitative estimate of drug-likeness (QED) is 0.427. The molecular weight excluding hydrogens is 477 g/mol. The van der Waals surface area contributed by atoms with Crippen LogP contribution in [0.15, 0.2) is 36.8 Å². The molecule has 1 fully saturated rings. The number of amides is 1. The summed E-state index contributed by atoms with van der Waals surface area (Å²) in [6.45, 7) is 2.10. The number of halogens is 3. The van der Waals surface area contributed by atoms with Gasteiger partial charge < -0.3 is 15.2 Å². The van der Waals surface area contributed by atoms with Gasteiger partial charge in [0.1, 0.15) is 6.33 Å². The van der Waals surface area contributed by atoms with Crippen LogP contribution >= 0.6 is 11.3 Å². The summed E-state index contributed by atoms with van der Waals surface area (Å²) in [6, 6.07) is 7.89. The van der Waals surface area contributed by atoms with Crippen molar-refractivity contribution < 1.29 is 18.0 Å². The van der Waals surface area contributed by atoms with Crippen LogP contribution in [0.4, 0.5) is 13.2 Å². The van der Waals surface area contributed by atoms with Crippen LogP contribution in [0.5, 0.6) is 0 Å². The fourth-order valence-electron chi connectivity index (χ4n) is 4.42. The second-order valence-corrected chi connectivity index (χ2v) is 10.6. The lowest BCUT2D eigenvalue weighted by Gasteiger charge is -2.29. The van der Waals surface area contributed by atoms with Crippen molar-refractivity contribution in [3.05, 3.63) is 52.2 Å². The van der Waals surface area contributed by atoms with E-state index < -0.39 is 17.5 Å². The summed E-state index contributed by atoms with van der Waals surface area (Å²) >= 11 is 1.24. The van der Waals surface area contributed by atoms with Crippen molar-refractivity contribution >= 4 is 17.2 Å². The van der Waals surface area contributed by atoms with Gasteiger partial charge in [-0.25, -0.2) is 4.98 Å². The Balaban J connectivity index is 1.39. The van der Waals surface area contributed by atoms with Gasteiger partial charge in [-0.3, -0.25) is 4.79 Å². The molecule has 1 aromatic carbocycles. The molecule has 2 atom stereocenters. The van der Waals surface area contributed by atoms with Crippen LogP contribution in [0.2, 0.25) is 0 Å². The van der Waals surface area contributed by atoms with Gasteiger partial charge in [0.05, 0.1) is 10.4 Å². The number of thiazole rings is 1. The van der Waals surface area contributed by atoms with Crippen LogP contribution in [0.3, 0.4) is 0 Å². The lowest BCUT2D eigenvalue weighted by Crippen LogP contribution is -2.42. The van der Waals surface area contributed by atoms with E-state index >= 15 is 0 Å². The van der Waals surface area contributed by atoms with Crippen LogP contribution < -0.4 is 5.32 Å². The average molecular weight is 507 g/mol. The number of alkyl halides is 3. The molecule has 188 valence electrons. The molecule has 1 saturated carbocycles. The van der Waals surface area contributed by atoms with E-state index in [1.807, 2.05) is 43.3 Å². The average Bonchev–Trinajstić information content (AvgIpc) is 3.23. The maximum Gasteiger partial charge on any atom is 0.395 e. The molecule has 2 aromatic heterocycles. The highest BCUT2D eigenvalue weighted by Gasteiger charge is 2.67. The number of rotatable bonds is 10. The monoisotopic (exact) mass is 506 g/mol. The molecule has 0 bridgehead atoms. The predicted octanol–water partition coefficient (Wildman–Crippen LogP) is 4.34. The molecule has 1 aliphatic rings. The van der Waals surface area contributed by atoms with E-state index in [1.165, 1.54) is 23.9 Å². The number of nitrogens with one attached hydrogen (secondary N) is 2. The number of hydrogen-bond acceptors (Lipinski definition) is 6. The molecule has 2 heterocycles. The number of benzene rings is 1. The Morgan fingerprint density at radius 2 is 1.97 bits per heavy atom. The van der Waals surface area contributed by atoms with Gasteiger partial charge in [0.2, 0.25) is 5.91 Å². The first-order valence-corrected chi connectivity index (χ1v) is 12.3. The van der Waals surface area contributed by atoms with Gasteiger partial charge in [-0.1, -0.05) is 24.3 Å². The number of aromatic nitrogens is 4. The zero-order valence-corrected chi connectivity index (χ0v) is 20.7. The topological polar surface area (TPSA) is 86.8 Å². The second kappa shape index (κ2) is 10.1. The van der Waals surface area contributed by atoms with E-state index in [0.29, 0.717) is 28.7 Å². The van der Waals surface area contributed by atoms with Crippen LogP contribution in [0.1, 0.15) is 40.6 Å². The molecule has 3 aromatic rings. The van der Waals surface area contributed by atoms with E-state index in [-0.39, 0.29) is 31.2 Å². The molecule has 35 heavy (non-hydrogen) atoms. The Morgan fingerprint density at radius 3 is 2.49 bits per heavy atom. The summed E-state index contributed by atoms with van der Waals surface area (Å²) in [5.41, 5.74) is 0.174. The number of nitrogens with zero attached hydrogens (tertiary/aromatic N) is 4. The first-order valence-electron chi connectivity index (χ1n) is 11.5. The number of carbonyl (C=O) groups is 1. The Labute approximate surface area is 206 Å². The van der Waals surface area contributed by atoms with Gasteiger partial charge in [-0.05, 0) is 45.8 Å². The summed E-state index contributed by atoms with van der Waals surface area (Å²) in [6.07, 6.45) is -0.754. The molecular formula is C24H29F3N6OS. The molecule has 2 N–H and O–H groups in total. The molecule has 7 nitrogen and oxygen atoms in total. The molecule has 1 amide bonds. The van der Waals surface area contributed by atoms with Crippen LogP contribution in [0, 0.1) is 12.3 Å². The van der Waals surface area contributed by atoms with Crippen molar-refractivity contribution in [1.29, 1.82) is 0 Å². The maximum absolute atomic E-state index is 13.9. The Kier molecular flexibility index (Phi) is 7.27. The van der Waals surface area contributed by atoms with E-state index in [2.05, 4.69) is 25.5 Å². The lowest BCUT2D eigenvalue weighted by atomic mass is 9.84. The summed E-state index contributed by atoms with van der Waals surface area (Å²) in [4.78, 5) is 22.5. The SMILES string of the molecule is Cc1ncc([C@@H](CC(=O)NC[C@H](Cc2ccc(-c3nnc[nH]3)cc2)N(C)C)C2(C(F)(F)F)CC2)s1. The van der Waals surface area contributed by atoms with E-state index in [9.17, 15) is 18.0 Å². The summed E-state index contributed by atoms with van der Waals surface area (Å²) < 4.78 is 41.7. The van der Waals surface area contributed by atoms with E-state index in [0.717, 1.165) is 11.1 Å². The molecule has 0 saturated heterocycles. The molecule has 4 rings (SSSR count). The highest BCUT2D eigenvalue weighted by Crippen LogP contribution is 2.66. The number of aromatic amines is 1. The summed E-state index contributed by atoms with van der Waals surface area (Å²) in [5, 5.41) is 11.4. The third-order valence-electron chi connectivity index (χ3n) is 6.77. The van der Waals surface area contributed by atoms with Crippen LogP contribution in [0.25, 0.3) is 11.4 Å². The van der Waals surface area contributed by atoms with Crippen LogP contribution in [-0.2, 0) is 11.2 Å². The lowest BCUT2D eigenvalue weighted by molar-refractivity contribution is -0.194. The smallest absolute Gasteiger partial charge is 0.355 e. The van der Waals surface area contributed by atoms with E-state index in [4.69, 9.17) is 0 Å². The largest absolute Gasteiger partial charge is 0.395 e. The van der Waals surface area contributed by atoms with Crippen molar-refractivity contribution in [3.8, 4) is 11.4 Å². The number of hydrogen-bond donors (Lipinski definition) is 2. The van der Waals surface area contributed by atoms with Gasteiger partial charge in [0.15, 0.2) is 5.82 Å². The first kappa shape index (κ1) is 25.3. The Morgan fingerprint density at radius 1 is 1.26 bits per heavy atom. The van der Waals surface area contributed by atoms with Crippen molar-refractivity contribution in [1.82, 2.24) is 30.4 Å². The van der Waals surface area contributed by atoms with E-state index in [1.54, 1.807) is 6.92 Å². The first-order chi connectivity index (χ1) is 16.6. The molecule has 1 aliphatic carbocycles. The van der Waals surface area contributed by atoms with Crippen LogP contribution in [-0.4, -0.2) is 63.8 Å². The summed E-state index contributed by atoms with van der Waals surface area (Å²) in [5.74, 6) is -0.592. The minimum Gasteiger partial charge on any atom is -0.355 e.